The summed E-state index contributed by atoms with van der Waals surface area (Å²) in [6, 6.07) is 14.4. The molecule has 1 aliphatic heterocycles. The molecule has 0 saturated carbocycles. The summed E-state index contributed by atoms with van der Waals surface area (Å²) in [4.78, 5) is 35.9. The molecule has 1 aliphatic rings. The standard InChI is InChI=1S/C30H31N5O7S/c1-16-4-7-21-24(11-16)42-25-13-19(36)6-9-22(25)27(21)20-8-5-17(12-23(20)28(38)39)35-30(43)33-14-26(37)34-18(3-2-10-31)15-41-29(32)40/h4-9,11-13,18,36H,1-3,10,14-15,31H2,(H2,32,40)(H,34,37)(H,38,39)(H2,33,35,43)/p+1/t18-/m0/s1. The highest BCUT2D eigenvalue weighted by Gasteiger charge is 2.24. The summed E-state index contributed by atoms with van der Waals surface area (Å²) in [5, 5.41) is 30.1. The molecule has 0 spiro atoms. The van der Waals surface area contributed by atoms with E-state index in [1.807, 2.05) is 6.07 Å². The van der Waals surface area contributed by atoms with Gasteiger partial charge in [0.25, 0.3) is 0 Å². The molecule has 0 bridgehead atoms. The van der Waals surface area contributed by atoms with Crippen LogP contribution in [0.25, 0.3) is 12.2 Å². The van der Waals surface area contributed by atoms with E-state index in [2.05, 4.69) is 28.3 Å². The summed E-state index contributed by atoms with van der Waals surface area (Å²) >= 11 is 5.32. The SMILES string of the molecule is C=c1ccc2c(c1)Oc1cc(O)ccc1C=2c1ccc(NC(=S)NCC(=O)N[C@@H](CCC[NH3+])COC(N)=O)cc1C(=O)O. The van der Waals surface area contributed by atoms with Gasteiger partial charge >= 0.3 is 12.1 Å². The van der Waals surface area contributed by atoms with E-state index in [1.54, 1.807) is 30.3 Å². The van der Waals surface area contributed by atoms with Crippen LogP contribution in [0.3, 0.4) is 0 Å². The number of carboxylic acids is 1. The smallest absolute Gasteiger partial charge is 0.404 e. The zero-order valence-electron chi connectivity index (χ0n) is 23.1. The van der Waals surface area contributed by atoms with Crippen LogP contribution in [0.1, 0.15) is 34.3 Å². The molecule has 0 aromatic heterocycles. The third kappa shape index (κ3) is 7.78. The van der Waals surface area contributed by atoms with E-state index in [0.29, 0.717) is 63.7 Å². The van der Waals surface area contributed by atoms with Crippen molar-refractivity contribution in [3.63, 3.8) is 0 Å². The van der Waals surface area contributed by atoms with Crippen molar-refractivity contribution in [1.82, 2.24) is 10.6 Å². The molecule has 2 amide bonds. The molecule has 13 heteroatoms. The zero-order valence-corrected chi connectivity index (χ0v) is 24.0. The number of anilines is 1. The Labute approximate surface area is 252 Å². The van der Waals surface area contributed by atoms with Crippen LogP contribution in [-0.4, -0.2) is 59.0 Å². The lowest BCUT2D eigenvalue weighted by Crippen LogP contribution is -2.51. The van der Waals surface area contributed by atoms with Gasteiger partial charge in [-0.15, -0.1) is 0 Å². The highest BCUT2D eigenvalue weighted by Crippen LogP contribution is 2.39. The number of phenolic OH excluding ortho intramolecular Hbond substituents is 1. The number of amides is 2. The monoisotopic (exact) mass is 606 g/mol. The van der Waals surface area contributed by atoms with Gasteiger partial charge in [-0.3, -0.25) is 4.79 Å². The molecule has 0 aliphatic carbocycles. The fraction of sp³-hybridized carbons (Fsp3) is 0.200. The van der Waals surface area contributed by atoms with Gasteiger partial charge in [0.15, 0.2) is 5.11 Å². The maximum absolute atomic E-state index is 12.5. The van der Waals surface area contributed by atoms with E-state index >= 15 is 0 Å². The number of phenols is 1. The third-order valence-corrected chi connectivity index (χ3v) is 6.80. The summed E-state index contributed by atoms with van der Waals surface area (Å²) in [6.07, 6.45) is 0.331. The Morgan fingerprint density at radius 3 is 2.56 bits per heavy atom. The maximum atomic E-state index is 12.5. The number of carbonyl (C=O) groups excluding carboxylic acids is 2. The van der Waals surface area contributed by atoms with Crippen molar-refractivity contribution in [2.75, 3.05) is 25.0 Å². The van der Waals surface area contributed by atoms with E-state index < -0.39 is 24.0 Å². The number of aromatic carboxylic acids is 1. The zero-order chi connectivity index (χ0) is 31.1. The maximum Gasteiger partial charge on any atom is 0.404 e. The molecule has 0 fully saturated rings. The highest BCUT2D eigenvalue weighted by atomic mass is 32.1. The van der Waals surface area contributed by atoms with Gasteiger partial charge in [-0.05, 0) is 66.2 Å². The second-order valence-electron chi connectivity index (χ2n) is 9.75. The molecule has 0 saturated heterocycles. The number of ether oxygens (including phenoxy) is 2. The molecule has 10 N–H and O–H groups in total. The van der Waals surface area contributed by atoms with E-state index in [-0.39, 0.29) is 29.6 Å². The van der Waals surface area contributed by atoms with Crippen molar-refractivity contribution in [2.24, 2.45) is 5.73 Å². The van der Waals surface area contributed by atoms with Crippen LogP contribution in [-0.2, 0) is 9.53 Å². The highest BCUT2D eigenvalue weighted by molar-refractivity contribution is 7.80. The Morgan fingerprint density at radius 2 is 1.84 bits per heavy atom. The van der Waals surface area contributed by atoms with Crippen molar-refractivity contribution in [3.05, 3.63) is 81.7 Å². The van der Waals surface area contributed by atoms with E-state index in [9.17, 15) is 24.6 Å². The van der Waals surface area contributed by atoms with Gasteiger partial charge in [0.05, 0.1) is 24.7 Å². The Bertz CT molecular complexity index is 1690. The number of nitrogens with one attached hydrogen (secondary N) is 3. The molecular formula is C30H32N5O7S+. The molecule has 1 heterocycles. The molecular weight excluding hydrogens is 574 g/mol. The molecule has 3 aromatic rings. The van der Waals surface area contributed by atoms with Gasteiger partial charge in [-0.25, -0.2) is 9.59 Å². The predicted molar refractivity (Wildman–Crippen MR) is 163 cm³/mol. The van der Waals surface area contributed by atoms with Crippen molar-refractivity contribution in [3.8, 4) is 17.2 Å². The number of carbonyl (C=O) groups is 3. The molecule has 224 valence electrons. The fourth-order valence-electron chi connectivity index (χ4n) is 4.62. The Kier molecular flexibility index (Phi) is 9.80. The van der Waals surface area contributed by atoms with Crippen molar-refractivity contribution < 1.29 is 39.8 Å². The number of carboxylic acid groups (broad SMARTS) is 1. The molecule has 0 unspecified atom stereocenters. The number of benzene rings is 3. The molecule has 4 rings (SSSR count). The van der Waals surface area contributed by atoms with Crippen LogP contribution >= 0.6 is 12.2 Å². The number of aromatic hydroxyl groups is 1. The number of primary amides is 1. The summed E-state index contributed by atoms with van der Waals surface area (Å²) in [7, 11) is 0. The van der Waals surface area contributed by atoms with Gasteiger partial charge in [-0.1, -0.05) is 24.8 Å². The Hall–Kier alpha value is -5.14. The molecule has 3 aromatic carbocycles. The van der Waals surface area contributed by atoms with E-state index in [0.717, 1.165) is 0 Å². The molecule has 1 atom stereocenters. The van der Waals surface area contributed by atoms with Crippen LogP contribution < -0.4 is 42.6 Å². The summed E-state index contributed by atoms with van der Waals surface area (Å²) < 4.78 is 10.8. The second-order valence-corrected chi connectivity index (χ2v) is 10.2. The quantitative estimate of drug-likeness (QED) is 0.120. The van der Waals surface area contributed by atoms with Crippen LogP contribution in [0.15, 0.2) is 54.6 Å². The van der Waals surface area contributed by atoms with Crippen LogP contribution in [0, 0.1) is 0 Å². The normalized spacial score (nSPS) is 12.2. The largest absolute Gasteiger partial charge is 0.508 e. The van der Waals surface area contributed by atoms with Crippen molar-refractivity contribution in [2.45, 2.75) is 18.9 Å². The third-order valence-electron chi connectivity index (χ3n) is 6.55. The molecule has 0 radical (unpaired) electrons. The van der Waals surface area contributed by atoms with Crippen molar-refractivity contribution >= 4 is 53.1 Å². The number of thiocarbonyl (C=S) groups is 1. The Balaban J connectivity index is 1.54. The van der Waals surface area contributed by atoms with Crippen LogP contribution in [0.4, 0.5) is 10.5 Å². The van der Waals surface area contributed by atoms with Gasteiger partial charge in [-0.2, -0.15) is 0 Å². The minimum Gasteiger partial charge on any atom is -0.508 e. The molecule has 43 heavy (non-hydrogen) atoms. The lowest BCUT2D eigenvalue weighted by Gasteiger charge is -2.22. The number of fused-ring (bicyclic) bond motifs is 2. The average Bonchev–Trinajstić information content (AvgIpc) is 2.96. The summed E-state index contributed by atoms with van der Waals surface area (Å²) in [5.74, 6) is -0.689. The lowest BCUT2D eigenvalue weighted by atomic mass is 9.89. The minimum atomic E-state index is -1.17. The number of quaternary nitrogens is 1. The van der Waals surface area contributed by atoms with Gasteiger partial charge in [0, 0.05) is 28.1 Å². The first kappa shape index (κ1) is 30.8. The second kappa shape index (κ2) is 13.7. The summed E-state index contributed by atoms with van der Waals surface area (Å²) in [5.41, 5.74) is 10.8. The van der Waals surface area contributed by atoms with Gasteiger partial charge in [0.2, 0.25) is 5.91 Å². The van der Waals surface area contributed by atoms with Crippen LogP contribution in [0.2, 0.25) is 0 Å². The van der Waals surface area contributed by atoms with Crippen LogP contribution in [0.5, 0.6) is 17.2 Å². The number of nitrogens with two attached hydrogens (primary N) is 1. The first-order chi connectivity index (χ1) is 20.5. The van der Waals surface area contributed by atoms with E-state index in [1.165, 1.54) is 18.2 Å². The predicted octanol–water partition coefficient (Wildman–Crippen LogP) is 0.742. The Morgan fingerprint density at radius 1 is 1.07 bits per heavy atom. The van der Waals surface area contributed by atoms with E-state index in [4.69, 9.17) is 27.4 Å². The summed E-state index contributed by atoms with van der Waals surface area (Å²) in [6.45, 7) is 4.35. The fourth-order valence-corrected chi connectivity index (χ4v) is 4.81. The van der Waals surface area contributed by atoms with Crippen molar-refractivity contribution in [1.29, 1.82) is 0 Å². The number of rotatable bonds is 11. The minimum absolute atomic E-state index is 0.00572. The number of hydrogen-bond donors (Lipinski definition) is 7. The topological polar surface area (TPSA) is 200 Å². The van der Waals surface area contributed by atoms with Gasteiger partial charge in [0.1, 0.15) is 23.9 Å². The lowest BCUT2D eigenvalue weighted by molar-refractivity contribution is -0.368. The molecule has 12 nitrogen and oxygen atoms in total. The van der Waals surface area contributed by atoms with Gasteiger partial charge < -0.3 is 47.1 Å². The first-order valence-corrected chi connectivity index (χ1v) is 13.7. The number of hydrogen-bond acceptors (Lipinski definition) is 7. The average molecular weight is 607 g/mol. The first-order valence-electron chi connectivity index (χ1n) is 13.3.